The molecule has 2 unspecified atom stereocenters. The molecule has 2 aromatic rings. The number of ether oxygens (including phenoxy) is 1. The van der Waals surface area contributed by atoms with Crippen LogP contribution in [0.4, 0.5) is 0 Å². The maximum atomic E-state index is 6.19. The second-order valence-electron chi connectivity index (χ2n) is 5.37. The van der Waals surface area contributed by atoms with Crippen molar-refractivity contribution in [2.75, 3.05) is 6.54 Å². The summed E-state index contributed by atoms with van der Waals surface area (Å²) in [5.41, 5.74) is 2.69. The Morgan fingerprint density at radius 3 is 2.90 bits per heavy atom. The molecule has 2 atom stereocenters. The molecule has 3 rings (SSSR count). The van der Waals surface area contributed by atoms with Gasteiger partial charge >= 0.3 is 0 Å². The fraction of sp³-hybridized carbons (Fsp3) is 0.412. The Morgan fingerprint density at radius 1 is 1.35 bits per heavy atom. The molecule has 0 saturated heterocycles. The van der Waals surface area contributed by atoms with Crippen LogP contribution in [-0.4, -0.2) is 12.6 Å². The van der Waals surface area contributed by atoms with Crippen LogP contribution in [0.2, 0.25) is 0 Å². The standard InChI is InChI=1S/C17H21NOS/c1-3-9-18-16(17-12(2)8-10-20-17)15-11-13-6-4-5-7-14(13)19-15/h4-8,10,15-16,18H,3,9,11H2,1-2H3. The predicted molar refractivity (Wildman–Crippen MR) is 84.7 cm³/mol. The normalized spacial score (nSPS) is 18.6. The molecule has 1 aliphatic rings. The lowest BCUT2D eigenvalue weighted by atomic mass is 10.0. The van der Waals surface area contributed by atoms with Crippen molar-refractivity contribution in [1.29, 1.82) is 0 Å². The van der Waals surface area contributed by atoms with Crippen molar-refractivity contribution >= 4 is 11.3 Å². The molecule has 0 amide bonds. The molecule has 3 heteroatoms. The molecule has 2 heterocycles. The molecule has 0 bridgehead atoms. The van der Waals surface area contributed by atoms with Crippen molar-refractivity contribution in [2.24, 2.45) is 0 Å². The Kier molecular flexibility index (Phi) is 4.08. The second-order valence-corrected chi connectivity index (χ2v) is 6.32. The SMILES string of the molecule is CCCNC(c1sccc1C)C1Cc2ccccc2O1. The van der Waals surface area contributed by atoms with Crippen LogP contribution in [0, 0.1) is 6.92 Å². The van der Waals surface area contributed by atoms with E-state index in [0.717, 1.165) is 25.1 Å². The Balaban J connectivity index is 1.83. The van der Waals surface area contributed by atoms with Gasteiger partial charge in [-0.25, -0.2) is 0 Å². The molecule has 106 valence electrons. The van der Waals surface area contributed by atoms with Gasteiger partial charge in [0, 0.05) is 11.3 Å². The van der Waals surface area contributed by atoms with Gasteiger partial charge in [-0.3, -0.25) is 0 Å². The van der Waals surface area contributed by atoms with Crippen molar-refractivity contribution in [2.45, 2.75) is 38.8 Å². The Bertz CT molecular complexity index is 553. The lowest BCUT2D eigenvalue weighted by Crippen LogP contribution is -2.35. The van der Waals surface area contributed by atoms with Gasteiger partial charge in [0.1, 0.15) is 11.9 Å². The first kappa shape index (κ1) is 13.7. The van der Waals surface area contributed by atoms with E-state index < -0.39 is 0 Å². The van der Waals surface area contributed by atoms with E-state index >= 15 is 0 Å². The molecule has 1 aliphatic heterocycles. The van der Waals surface area contributed by atoms with Gasteiger partial charge in [0.15, 0.2) is 0 Å². The van der Waals surface area contributed by atoms with Crippen LogP contribution in [0.25, 0.3) is 0 Å². The van der Waals surface area contributed by atoms with Gasteiger partial charge in [-0.2, -0.15) is 0 Å². The smallest absolute Gasteiger partial charge is 0.123 e. The van der Waals surface area contributed by atoms with Gasteiger partial charge in [0.05, 0.1) is 6.04 Å². The van der Waals surface area contributed by atoms with Gasteiger partial charge in [0.25, 0.3) is 0 Å². The third-order valence-corrected chi connectivity index (χ3v) is 4.94. The topological polar surface area (TPSA) is 21.3 Å². The first-order chi connectivity index (χ1) is 9.79. The monoisotopic (exact) mass is 287 g/mol. The molecule has 0 fully saturated rings. The number of nitrogens with one attached hydrogen (secondary N) is 1. The summed E-state index contributed by atoms with van der Waals surface area (Å²) in [5.74, 6) is 1.05. The zero-order valence-corrected chi connectivity index (χ0v) is 12.9. The highest BCUT2D eigenvalue weighted by molar-refractivity contribution is 7.10. The molecule has 0 radical (unpaired) electrons. The average Bonchev–Trinajstić information content (AvgIpc) is 3.06. The lowest BCUT2D eigenvalue weighted by Gasteiger charge is -2.24. The van der Waals surface area contributed by atoms with Crippen LogP contribution < -0.4 is 10.1 Å². The molecule has 0 saturated carbocycles. The number of fused-ring (bicyclic) bond motifs is 1. The summed E-state index contributed by atoms with van der Waals surface area (Å²) in [7, 11) is 0. The van der Waals surface area contributed by atoms with Gasteiger partial charge in [-0.1, -0.05) is 25.1 Å². The summed E-state index contributed by atoms with van der Waals surface area (Å²) in [6.07, 6.45) is 2.34. The third kappa shape index (κ3) is 2.60. The highest BCUT2D eigenvalue weighted by atomic mass is 32.1. The molecular formula is C17H21NOS. The van der Waals surface area contributed by atoms with E-state index in [1.807, 2.05) is 17.4 Å². The summed E-state index contributed by atoms with van der Waals surface area (Å²) in [6.45, 7) is 5.42. The number of thiophene rings is 1. The Hall–Kier alpha value is -1.32. The molecule has 2 nitrogen and oxygen atoms in total. The van der Waals surface area contributed by atoms with Crippen LogP contribution in [0.5, 0.6) is 5.75 Å². The molecule has 0 aliphatic carbocycles. The second kappa shape index (κ2) is 5.98. The highest BCUT2D eigenvalue weighted by Gasteiger charge is 2.32. The van der Waals surface area contributed by atoms with E-state index in [4.69, 9.17) is 4.74 Å². The first-order valence-corrected chi connectivity index (χ1v) is 8.19. The minimum Gasteiger partial charge on any atom is -0.488 e. The molecule has 1 N–H and O–H groups in total. The quantitative estimate of drug-likeness (QED) is 0.894. The predicted octanol–water partition coefficient (Wildman–Crippen LogP) is 4.10. The maximum Gasteiger partial charge on any atom is 0.123 e. The zero-order valence-electron chi connectivity index (χ0n) is 12.1. The lowest BCUT2D eigenvalue weighted by molar-refractivity contribution is 0.180. The van der Waals surface area contributed by atoms with Crippen LogP contribution in [0.3, 0.4) is 0 Å². The van der Waals surface area contributed by atoms with Gasteiger partial charge < -0.3 is 10.1 Å². The van der Waals surface area contributed by atoms with E-state index in [9.17, 15) is 0 Å². The maximum absolute atomic E-state index is 6.19. The van der Waals surface area contributed by atoms with Crippen LogP contribution in [0.1, 0.15) is 35.4 Å². The minimum atomic E-state index is 0.205. The van der Waals surface area contributed by atoms with E-state index in [-0.39, 0.29) is 6.10 Å². The summed E-state index contributed by atoms with van der Waals surface area (Å²) >= 11 is 1.83. The Labute approximate surface area is 124 Å². The van der Waals surface area contributed by atoms with Crippen LogP contribution in [0.15, 0.2) is 35.7 Å². The van der Waals surface area contributed by atoms with Crippen molar-refractivity contribution < 1.29 is 4.74 Å². The zero-order chi connectivity index (χ0) is 13.9. The van der Waals surface area contributed by atoms with Crippen LogP contribution >= 0.6 is 11.3 Å². The molecule has 1 aromatic carbocycles. The first-order valence-electron chi connectivity index (χ1n) is 7.31. The van der Waals surface area contributed by atoms with Crippen molar-refractivity contribution in [1.82, 2.24) is 5.32 Å². The molecular weight excluding hydrogens is 266 g/mol. The van der Waals surface area contributed by atoms with Crippen LogP contribution in [-0.2, 0) is 6.42 Å². The molecule has 20 heavy (non-hydrogen) atoms. The van der Waals surface area contributed by atoms with Gasteiger partial charge in [-0.15, -0.1) is 11.3 Å². The van der Waals surface area contributed by atoms with E-state index in [1.165, 1.54) is 16.0 Å². The third-order valence-electron chi connectivity index (χ3n) is 3.84. The summed E-state index contributed by atoms with van der Waals surface area (Å²) in [5, 5.41) is 5.85. The molecule has 1 aromatic heterocycles. The van der Waals surface area contributed by atoms with Crippen molar-refractivity contribution in [3.63, 3.8) is 0 Å². The van der Waals surface area contributed by atoms with E-state index in [1.54, 1.807) is 0 Å². The number of hydrogen-bond acceptors (Lipinski definition) is 3. The minimum absolute atomic E-state index is 0.205. The fourth-order valence-electron chi connectivity index (χ4n) is 2.79. The van der Waals surface area contributed by atoms with Gasteiger partial charge in [-0.05, 0) is 48.5 Å². The highest BCUT2D eigenvalue weighted by Crippen LogP contribution is 2.36. The largest absolute Gasteiger partial charge is 0.488 e. The fourth-order valence-corrected chi connectivity index (χ4v) is 3.85. The number of para-hydroxylation sites is 1. The number of rotatable bonds is 5. The van der Waals surface area contributed by atoms with Crippen molar-refractivity contribution in [3.8, 4) is 5.75 Å². The van der Waals surface area contributed by atoms with E-state index in [2.05, 4.69) is 48.8 Å². The molecule has 0 spiro atoms. The van der Waals surface area contributed by atoms with Gasteiger partial charge in [0.2, 0.25) is 0 Å². The number of benzene rings is 1. The summed E-state index contributed by atoms with van der Waals surface area (Å²) in [6, 6.07) is 10.9. The summed E-state index contributed by atoms with van der Waals surface area (Å²) < 4.78 is 6.19. The average molecular weight is 287 g/mol. The Morgan fingerprint density at radius 2 is 2.20 bits per heavy atom. The van der Waals surface area contributed by atoms with Crippen molar-refractivity contribution in [3.05, 3.63) is 51.7 Å². The number of aryl methyl sites for hydroxylation is 1. The number of hydrogen-bond donors (Lipinski definition) is 1. The summed E-state index contributed by atoms with van der Waals surface area (Å²) in [4.78, 5) is 1.41. The van der Waals surface area contributed by atoms with E-state index in [0.29, 0.717) is 6.04 Å².